The monoisotopic (exact) mass is 419 g/mol. The van der Waals surface area contributed by atoms with E-state index in [2.05, 4.69) is 15.5 Å². The van der Waals surface area contributed by atoms with Crippen molar-refractivity contribution in [1.82, 2.24) is 19.3 Å². The summed E-state index contributed by atoms with van der Waals surface area (Å²) in [5.74, 6) is 0.162. The predicted molar refractivity (Wildman–Crippen MR) is 115 cm³/mol. The van der Waals surface area contributed by atoms with Gasteiger partial charge >= 0.3 is 5.69 Å². The molecule has 0 spiro atoms. The lowest BCUT2D eigenvalue weighted by atomic mass is 10.1. The highest BCUT2D eigenvalue weighted by Crippen LogP contribution is 2.16. The average molecular weight is 419 g/mol. The number of aryl methyl sites for hydroxylation is 3. The van der Waals surface area contributed by atoms with Crippen molar-refractivity contribution in [2.24, 2.45) is 0 Å². The molecule has 4 aromatic rings. The number of hydrogen-bond acceptors (Lipinski definition) is 6. The Morgan fingerprint density at radius 1 is 1.06 bits per heavy atom. The molecule has 0 aliphatic carbocycles. The molecule has 1 amide bonds. The average Bonchev–Trinajstić information content (AvgIpc) is 3.16. The van der Waals surface area contributed by atoms with Crippen LogP contribution in [-0.4, -0.2) is 25.2 Å². The molecule has 0 fully saturated rings. The topological polar surface area (TPSA) is 112 Å². The van der Waals surface area contributed by atoms with Crippen molar-refractivity contribution in [2.45, 2.75) is 33.9 Å². The van der Waals surface area contributed by atoms with E-state index in [1.165, 1.54) is 4.57 Å². The van der Waals surface area contributed by atoms with Gasteiger partial charge < -0.3 is 9.84 Å². The third-order valence-electron chi connectivity index (χ3n) is 4.96. The molecule has 0 aliphatic rings. The highest BCUT2D eigenvalue weighted by molar-refractivity contribution is 5.92. The highest BCUT2D eigenvalue weighted by Gasteiger charge is 2.17. The standard InChI is InChI=1S/C22H21N5O4/c1-13-8-9-14(2)17(10-13)24-19(28)11-26-18-7-5-4-6-16(18)21(29)27(22(26)30)12-20-23-15(3)25-31-20/h4-10H,11-12H2,1-3H3,(H,24,28). The summed E-state index contributed by atoms with van der Waals surface area (Å²) in [6.07, 6.45) is 0. The lowest BCUT2D eigenvalue weighted by Crippen LogP contribution is -2.42. The number of benzene rings is 2. The molecule has 2 aromatic carbocycles. The fourth-order valence-corrected chi connectivity index (χ4v) is 3.41. The molecule has 0 atom stereocenters. The Bertz CT molecular complexity index is 1410. The first-order valence-electron chi connectivity index (χ1n) is 9.72. The Morgan fingerprint density at radius 3 is 2.58 bits per heavy atom. The second kappa shape index (κ2) is 8.02. The molecule has 9 nitrogen and oxygen atoms in total. The molecule has 1 N–H and O–H groups in total. The van der Waals surface area contributed by atoms with Gasteiger partial charge in [-0.2, -0.15) is 4.98 Å². The number of nitrogens with one attached hydrogen (secondary N) is 1. The zero-order valence-corrected chi connectivity index (χ0v) is 17.4. The first-order valence-corrected chi connectivity index (χ1v) is 9.72. The molecular weight excluding hydrogens is 398 g/mol. The minimum Gasteiger partial charge on any atom is -0.337 e. The molecular formula is C22H21N5O4. The molecule has 0 saturated heterocycles. The summed E-state index contributed by atoms with van der Waals surface area (Å²) in [7, 11) is 0. The first-order chi connectivity index (χ1) is 14.8. The van der Waals surface area contributed by atoms with E-state index >= 15 is 0 Å². The molecule has 0 unspecified atom stereocenters. The van der Waals surface area contributed by atoms with Gasteiger partial charge in [0, 0.05) is 5.69 Å². The number of hydrogen-bond donors (Lipinski definition) is 1. The molecule has 0 radical (unpaired) electrons. The molecule has 4 rings (SSSR count). The lowest BCUT2D eigenvalue weighted by molar-refractivity contribution is -0.116. The second-order valence-electron chi connectivity index (χ2n) is 7.38. The van der Waals surface area contributed by atoms with E-state index in [0.717, 1.165) is 15.7 Å². The summed E-state index contributed by atoms with van der Waals surface area (Å²) in [4.78, 5) is 43.0. The van der Waals surface area contributed by atoms with E-state index in [1.54, 1.807) is 31.2 Å². The van der Waals surface area contributed by atoms with Crippen LogP contribution in [0.4, 0.5) is 5.69 Å². The van der Waals surface area contributed by atoms with Crippen molar-refractivity contribution in [3.05, 3.63) is 86.1 Å². The second-order valence-corrected chi connectivity index (χ2v) is 7.38. The Labute approximate surface area is 176 Å². The molecule has 2 aromatic heterocycles. The number of anilines is 1. The van der Waals surface area contributed by atoms with Crippen LogP contribution in [0.1, 0.15) is 22.8 Å². The summed E-state index contributed by atoms with van der Waals surface area (Å²) >= 11 is 0. The highest BCUT2D eigenvalue weighted by atomic mass is 16.5. The van der Waals surface area contributed by atoms with Crippen LogP contribution in [0.3, 0.4) is 0 Å². The van der Waals surface area contributed by atoms with Crippen LogP contribution in [0.15, 0.2) is 56.6 Å². The zero-order chi connectivity index (χ0) is 22.1. The Hall–Kier alpha value is -4.01. The van der Waals surface area contributed by atoms with Gasteiger partial charge in [-0.15, -0.1) is 0 Å². The molecule has 31 heavy (non-hydrogen) atoms. The first kappa shape index (κ1) is 20.3. The maximum Gasteiger partial charge on any atom is 0.332 e. The van der Waals surface area contributed by atoms with Gasteiger partial charge in [-0.25, -0.2) is 4.79 Å². The van der Waals surface area contributed by atoms with Crippen LogP contribution in [0, 0.1) is 20.8 Å². The van der Waals surface area contributed by atoms with Crippen molar-refractivity contribution in [3.8, 4) is 0 Å². The van der Waals surface area contributed by atoms with Crippen molar-refractivity contribution < 1.29 is 9.32 Å². The van der Waals surface area contributed by atoms with Crippen molar-refractivity contribution >= 4 is 22.5 Å². The summed E-state index contributed by atoms with van der Waals surface area (Å²) in [5.41, 5.74) is 1.86. The molecule has 0 bridgehead atoms. The zero-order valence-electron chi connectivity index (χ0n) is 17.4. The van der Waals surface area contributed by atoms with E-state index in [0.29, 0.717) is 22.4 Å². The van der Waals surface area contributed by atoms with Crippen LogP contribution >= 0.6 is 0 Å². The number of para-hydroxylation sites is 1. The SMILES string of the molecule is Cc1ccc(C)c(NC(=O)Cn2c(=O)n(Cc3nc(C)no3)c(=O)c3ccccc32)c1. The molecule has 0 aliphatic heterocycles. The van der Waals surface area contributed by atoms with Crippen LogP contribution < -0.4 is 16.6 Å². The van der Waals surface area contributed by atoms with E-state index in [9.17, 15) is 14.4 Å². The maximum atomic E-state index is 13.2. The van der Waals surface area contributed by atoms with Gasteiger partial charge in [0.2, 0.25) is 11.8 Å². The van der Waals surface area contributed by atoms with Gasteiger partial charge in [-0.05, 0) is 50.1 Å². The minimum absolute atomic E-state index is 0.137. The van der Waals surface area contributed by atoms with E-state index in [-0.39, 0.29) is 24.9 Å². The summed E-state index contributed by atoms with van der Waals surface area (Å²) in [6.45, 7) is 5.04. The summed E-state index contributed by atoms with van der Waals surface area (Å²) in [5, 5.41) is 6.86. The number of carbonyl (C=O) groups excluding carboxylic acids is 1. The third kappa shape index (κ3) is 4.02. The van der Waals surface area contributed by atoms with Crippen molar-refractivity contribution in [1.29, 1.82) is 0 Å². The van der Waals surface area contributed by atoms with Crippen molar-refractivity contribution in [2.75, 3.05) is 5.32 Å². The molecule has 0 saturated carbocycles. The smallest absolute Gasteiger partial charge is 0.332 e. The van der Waals surface area contributed by atoms with Crippen LogP contribution in [0.2, 0.25) is 0 Å². The third-order valence-corrected chi connectivity index (χ3v) is 4.96. The Balaban J connectivity index is 1.76. The lowest BCUT2D eigenvalue weighted by Gasteiger charge is -2.14. The van der Waals surface area contributed by atoms with E-state index in [1.807, 2.05) is 32.0 Å². The summed E-state index contributed by atoms with van der Waals surface area (Å²) < 4.78 is 7.35. The number of nitrogens with zero attached hydrogens (tertiary/aromatic N) is 4. The molecule has 158 valence electrons. The minimum atomic E-state index is -0.629. The number of amides is 1. The Kier molecular flexibility index (Phi) is 5.24. The van der Waals surface area contributed by atoms with Gasteiger partial charge in [0.15, 0.2) is 5.82 Å². The number of rotatable bonds is 5. The van der Waals surface area contributed by atoms with Gasteiger partial charge in [0.25, 0.3) is 5.56 Å². The van der Waals surface area contributed by atoms with E-state index < -0.39 is 11.2 Å². The van der Waals surface area contributed by atoms with Gasteiger partial charge in [0.05, 0.1) is 10.9 Å². The fraction of sp³-hybridized carbons (Fsp3) is 0.227. The number of carbonyl (C=O) groups is 1. The van der Waals surface area contributed by atoms with Gasteiger partial charge in [-0.3, -0.25) is 18.7 Å². The number of aromatic nitrogens is 4. The van der Waals surface area contributed by atoms with Gasteiger partial charge in [-0.1, -0.05) is 29.4 Å². The van der Waals surface area contributed by atoms with Crippen LogP contribution in [-0.2, 0) is 17.9 Å². The van der Waals surface area contributed by atoms with E-state index in [4.69, 9.17) is 4.52 Å². The van der Waals surface area contributed by atoms with Crippen LogP contribution in [0.5, 0.6) is 0 Å². The van der Waals surface area contributed by atoms with Gasteiger partial charge in [0.1, 0.15) is 13.1 Å². The Morgan fingerprint density at radius 2 is 1.84 bits per heavy atom. The predicted octanol–water partition coefficient (Wildman–Crippen LogP) is 2.16. The molecule has 2 heterocycles. The normalized spacial score (nSPS) is 11.1. The largest absolute Gasteiger partial charge is 0.337 e. The summed E-state index contributed by atoms with van der Waals surface area (Å²) in [6, 6.07) is 12.4. The number of fused-ring (bicyclic) bond motifs is 1. The maximum absolute atomic E-state index is 13.2. The van der Waals surface area contributed by atoms with Crippen LogP contribution in [0.25, 0.3) is 10.9 Å². The fourth-order valence-electron chi connectivity index (χ4n) is 3.41. The molecule has 9 heteroatoms. The van der Waals surface area contributed by atoms with Crippen molar-refractivity contribution in [3.63, 3.8) is 0 Å². The quantitative estimate of drug-likeness (QED) is 0.531.